The minimum atomic E-state index is -0.150. The molecule has 1 amide bonds. The highest BCUT2D eigenvalue weighted by molar-refractivity contribution is 5.96. The largest absolute Gasteiger partial charge is 0.379 e. The van der Waals surface area contributed by atoms with Gasteiger partial charge in [0.1, 0.15) is 17.4 Å². The summed E-state index contributed by atoms with van der Waals surface area (Å²) in [6.45, 7) is 9.40. The van der Waals surface area contributed by atoms with Crippen LogP contribution in [0.2, 0.25) is 0 Å². The summed E-state index contributed by atoms with van der Waals surface area (Å²) in [5.41, 5.74) is 2.44. The lowest BCUT2D eigenvalue weighted by atomic mass is 10.0. The molecule has 0 aliphatic carbocycles. The Hall–Kier alpha value is -1.66. The van der Waals surface area contributed by atoms with Gasteiger partial charge in [0.05, 0.1) is 24.9 Å². The second kappa shape index (κ2) is 8.26. The molecule has 128 valence electrons. The van der Waals surface area contributed by atoms with E-state index < -0.39 is 0 Å². The van der Waals surface area contributed by atoms with Crippen molar-refractivity contribution in [3.8, 4) is 0 Å². The van der Waals surface area contributed by atoms with Crippen molar-refractivity contribution in [3.05, 3.63) is 28.7 Å². The Balaban J connectivity index is 2.02. The van der Waals surface area contributed by atoms with E-state index in [-0.39, 0.29) is 18.1 Å². The van der Waals surface area contributed by atoms with E-state index in [1.165, 1.54) is 5.57 Å². The summed E-state index contributed by atoms with van der Waals surface area (Å²) in [4.78, 5) is 12.6. The zero-order valence-corrected chi connectivity index (χ0v) is 14.3. The minimum Gasteiger partial charge on any atom is -0.379 e. The maximum absolute atomic E-state index is 12.6. The van der Waals surface area contributed by atoms with Crippen molar-refractivity contribution in [2.45, 2.75) is 52.7 Å². The van der Waals surface area contributed by atoms with Gasteiger partial charge in [-0.2, -0.15) is 0 Å². The monoisotopic (exact) mass is 322 g/mol. The number of rotatable bonds is 6. The fourth-order valence-corrected chi connectivity index (χ4v) is 2.57. The average molecular weight is 322 g/mol. The van der Waals surface area contributed by atoms with Gasteiger partial charge in [0, 0.05) is 6.61 Å². The minimum absolute atomic E-state index is 0.0687. The molecule has 0 saturated carbocycles. The number of amides is 1. The van der Waals surface area contributed by atoms with Crippen molar-refractivity contribution in [1.29, 1.82) is 0 Å². The second-order valence-corrected chi connectivity index (χ2v) is 6.01. The Morgan fingerprint density at radius 3 is 2.96 bits per heavy atom. The van der Waals surface area contributed by atoms with Crippen LogP contribution in [0.25, 0.3) is 0 Å². The van der Waals surface area contributed by atoms with Gasteiger partial charge in [0.15, 0.2) is 0 Å². The Labute approximate surface area is 137 Å². The van der Waals surface area contributed by atoms with Gasteiger partial charge in [-0.15, -0.1) is 0 Å². The topological polar surface area (TPSA) is 73.6 Å². The van der Waals surface area contributed by atoms with Gasteiger partial charge in [-0.25, -0.2) is 0 Å². The lowest BCUT2D eigenvalue weighted by Gasteiger charge is -2.31. The summed E-state index contributed by atoms with van der Waals surface area (Å²) in [5, 5.41) is 7.00. The molecule has 1 aliphatic heterocycles. The van der Waals surface area contributed by atoms with Crippen molar-refractivity contribution in [2.24, 2.45) is 0 Å². The Bertz CT molecular complexity index is 561. The van der Waals surface area contributed by atoms with Crippen molar-refractivity contribution in [2.75, 3.05) is 19.8 Å². The lowest BCUT2D eigenvalue weighted by molar-refractivity contribution is -0.0589. The molecule has 1 saturated heterocycles. The third-order valence-electron chi connectivity index (χ3n) is 3.92. The molecule has 1 aromatic rings. The highest BCUT2D eigenvalue weighted by atomic mass is 16.5. The summed E-state index contributed by atoms with van der Waals surface area (Å²) in [5.74, 6) is 0.400. The standard InChI is InChI=1S/C17H26N2O4/c1-5-13-16(12(4)23-19-13)17(20)18-14-7-8-21-10-15(14)22-9-6-11(2)3/h6,14-15H,5,7-10H2,1-4H3,(H,18,20)/t14-,15-/m1/s1. The number of aryl methyl sites for hydroxylation is 2. The molecule has 1 N–H and O–H groups in total. The zero-order valence-electron chi connectivity index (χ0n) is 14.3. The van der Waals surface area contributed by atoms with Crippen LogP contribution in [0.5, 0.6) is 0 Å². The van der Waals surface area contributed by atoms with Gasteiger partial charge in [0.25, 0.3) is 5.91 Å². The molecule has 2 atom stereocenters. The van der Waals surface area contributed by atoms with E-state index >= 15 is 0 Å². The number of aromatic nitrogens is 1. The summed E-state index contributed by atoms with van der Waals surface area (Å²) < 4.78 is 16.5. The van der Waals surface area contributed by atoms with Crippen LogP contribution in [0.1, 0.15) is 49.0 Å². The first-order valence-corrected chi connectivity index (χ1v) is 8.11. The van der Waals surface area contributed by atoms with Crippen LogP contribution in [-0.4, -0.2) is 43.0 Å². The average Bonchev–Trinajstić information content (AvgIpc) is 2.89. The maximum Gasteiger partial charge on any atom is 0.257 e. The second-order valence-electron chi connectivity index (χ2n) is 6.01. The van der Waals surface area contributed by atoms with E-state index in [4.69, 9.17) is 14.0 Å². The number of hydrogen-bond donors (Lipinski definition) is 1. The quantitative estimate of drug-likeness (QED) is 0.814. The summed E-state index contributed by atoms with van der Waals surface area (Å²) >= 11 is 0. The van der Waals surface area contributed by atoms with Crippen molar-refractivity contribution in [1.82, 2.24) is 10.5 Å². The van der Waals surface area contributed by atoms with Crippen LogP contribution in [0, 0.1) is 6.92 Å². The number of nitrogens with zero attached hydrogens (tertiary/aromatic N) is 1. The molecule has 2 heterocycles. The van der Waals surface area contributed by atoms with Gasteiger partial charge in [-0.3, -0.25) is 4.79 Å². The molecule has 0 radical (unpaired) electrons. The molecule has 6 heteroatoms. The molecule has 1 aromatic heterocycles. The van der Waals surface area contributed by atoms with E-state index in [9.17, 15) is 4.79 Å². The van der Waals surface area contributed by atoms with Crippen LogP contribution in [0.15, 0.2) is 16.2 Å². The summed E-state index contributed by atoms with van der Waals surface area (Å²) in [6, 6.07) is -0.0687. The Morgan fingerprint density at radius 2 is 2.26 bits per heavy atom. The number of carbonyl (C=O) groups is 1. The van der Waals surface area contributed by atoms with Crippen molar-refractivity contribution >= 4 is 5.91 Å². The van der Waals surface area contributed by atoms with E-state index in [1.54, 1.807) is 6.92 Å². The first kappa shape index (κ1) is 17.7. The lowest BCUT2D eigenvalue weighted by Crippen LogP contribution is -2.50. The number of hydrogen-bond acceptors (Lipinski definition) is 5. The van der Waals surface area contributed by atoms with E-state index in [0.29, 0.717) is 43.3 Å². The molecule has 0 bridgehead atoms. The number of nitrogens with one attached hydrogen (secondary N) is 1. The number of ether oxygens (including phenoxy) is 2. The van der Waals surface area contributed by atoms with Crippen LogP contribution < -0.4 is 5.32 Å². The normalized spacial score (nSPS) is 21.0. The molecule has 2 rings (SSSR count). The molecule has 0 spiro atoms. The first-order valence-electron chi connectivity index (χ1n) is 8.11. The van der Waals surface area contributed by atoms with E-state index in [1.807, 2.05) is 26.8 Å². The fraction of sp³-hybridized carbons (Fsp3) is 0.647. The third kappa shape index (κ3) is 4.65. The molecule has 1 aliphatic rings. The molecule has 0 unspecified atom stereocenters. The SMILES string of the molecule is CCc1noc(C)c1C(=O)N[C@@H]1CCOC[C@H]1OCC=C(C)C. The highest BCUT2D eigenvalue weighted by Crippen LogP contribution is 2.17. The predicted molar refractivity (Wildman–Crippen MR) is 86.5 cm³/mol. The van der Waals surface area contributed by atoms with Gasteiger partial charge in [0.2, 0.25) is 0 Å². The van der Waals surface area contributed by atoms with Crippen molar-refractivity contribution < 1.29 is 18.8 Å². The number of carbonyl (C=O) groups excluding carboxylic acids is 1. The molecule has 0 aromatic carbocycles. The molecular weight excluding hydrogens is 296 g/mol. The molecule has 1 fully saturated rings. The zero-order chi connectivity index (χ0) is 16.8. The van der Waals surface area contributed by atoms with Gasteiger partial charge < -0.3 is 19.3 Å². The Kier molecular flexibility index (Phi) is 6.36. The van der Waals surface area contributed by atoms with Gasteiger partial charge in [-0.05, 0) is 33.6 Å². The smallest absolute Gasteiger partial charge is 0.257 e. The molecule has 23 heavy (non-hydrogen) atoms. The highest BCUT2D eigenvalue weighted by Gasteiger charge is 2.30. The third-order valence-corrected chi connectivity index (χ3v) is 3.92. The first-order chi connectivity index (χ1) is 11.0. The van der Waals surface area contributed by atoms with Crippen LogP contribution in [0.3, 0.4) is 0 Å². The van der Waals surface area contributed by atoms with Crippen molar-refractivity contribution in [3.63, 3.8) is 0 Å². The fourth-order valence-electron chi connectivity index (χ4n) is 2.57. The van der Waals surface area contributed by atoms with Crippen LogP contribution in [0.4, 0.5) is 0 Å². The summed E-state index contributed by atoms with van der Waals surface area (Å²) in [6.07, 6.45) is 3.27. The number of allylic oxidation sites excluding steroid dienone is 1. The van der Waals surface area contributed by atoms with E-state index in [0.717, 1.165) is 6.42 Å². The summed E-state index contributed by atoms with van der Waals surface area (Å²) in [7, 11) is 0. The predicted octanol–water partition coefficient (Wildman–Crippen LogP) is 2.42. The van der Waals surface area contributed by atoms with Gasteiger partial charge in [-0.1, -0.05) is 23.7 Å². The Morgan fingerprint density at radius 1 is 1.48 bits per heavy atom. The molecular formula is C17H26N2O4. The van der Waals surface area contributed by atoms with E-state index in [2.05, 4.69) is 10.5 Å². The molecule has 6 nitrogen and oxygen atoms in total. The maximum atomic E-state index is 12.6. The van der Waals surface area contributed by atoms with Crippen LogP contribution in [-0.2, 0) is 15.9 Å². The van der Waals surface area contributed by atoms with Crippen LogP contribution >= 0.6 is 0 Å². The van der Waals surface area contributed by atoms with Gasteiger partial charge >= 0.3 is 0 Å².